The molecule has 84 valence electrons. The van der Waals surface area contributed by atoms with Gasteiger partial charge in [-0.3, -0.25) is 15.3 Å². The average molecular weight is 211 g/mol. The number of nitrogens with zero attached hydrogens (tertiary/aromatic N) is 3. The van der Waals surface area contributed by atoms with Gasteiger partial charge in [-0.05, 0) is 19.6 Å². The highest BCUT2D eigenvalue weighted by molar-refractivity contribution is 5.99. The summed E-state index contributed by atoms with van der Waals surface area (Å²) in [4.78, 5) is 11.6. The fourth-order valence-corrected chi connectivity index (χ4v) is 1.31. The third-order valence-corrected chi connectivity index (χ3v) is 2.09. The lowest BCUT2D eigenvalue weighted by Crippen LogP contribution is -2.36. The summed E-state index contributed by atoms with van der Waals surface area (Å²) in [6.07, 6.45) is 2.35. The summed E-state index contributed by atoms with van der Waals surface area (Å²) in [5.74, 6) is 0.655. The molecule has 1 aliphatic rings. The Labute approximate surface area is 89.3 Å². The molecule has 1 aliphatic heterocycles. The number of hydrogen-bond acceptors (Lipinski definition) is 3. The van der Waals surface area contributed by atoms with Gasteiger partial charge in [-0.15, -0.1) is 0 Å². The number of rotatable bonds is 2. The molecule has 1 heterocycles. The van der Waals surface area contributed by atoms with E-state index in [4.69, 9.17) is 10.5 Å². The first-order chi connectivity index (χ1) is 7.26. The van der Waals surface area contributed by atoms with E-state index >= 15 is 0 Å². The topological polar surface area (TPSA) is 84.4 Å². The van der Waals surface area contributed by atoms with Gasteiger partial charge in [-0.2, -0.15) is 0 Å². The van der Waals surface area contributed by atoms with Gasteiger partial charge in [0, 0.05) is 13.7 Å². The maximum Gasteiger partial charge on any atom is 0.223 e. The Morgan fingerprint density at radius 1 is 1.67 bits per heavy atom. The van der Waals surface area contributed by atoms with Crippen LogP contribution in [0, 0.1) is 0 Å². The van der Waals surface area contributed by atoms with Crippen molar-refractivity contribution in [3.05, 3.63) is 0 Å². The number of ether oxygens (including phenoxy) is 1. The molecule has 0 aromatic heterocycles. The zero-order valence-corrected chi connectivity index (χ0v) is 8.94. The lowest BCUT2D eigenvalue weighted by molar-refractivity contribution is 0.118. The van der Waals surface area contributed by atoms with Crippen molar-refractivity contribution in [2.24, 2.45) is 20.7 Å². The van der Waals surface area contributed by atoms with Crippen LogP contribution in [0.1, 0.15) is 12.8 Å². The van der Waals surface area contributed by atoms with Crippen molar-refractivity contribution in [3.8, 4) is 0 Å². The van der Waals surface area contributed by atoms with Crippen LogP contribution in [0.4, 0.5) is 0 Å². The van der Waals surface area contributed by atoms with Crippen molar-refractivity contribution in [1.82, 2.24) is 5.32 Å². The predicted molar refractivity (Wildman–Crippen MR) is 61.5 cm³/mol. The molecule has 0 aliphatic carbocycles. The highest BCUT2D eigenvalue weighted by Gasteiger charge is 2.14. The maximum absolute atomic E-state index is 5.62. The summed E-state index contributed by atoms with van der Waals surface area (Å²) < 4.78 is 5.40. The van der Waals surface area contributed by atoms with Gasteiger partial charge in [0.2, 0.25) is 5.96 Å². The Morgan fingerprint density at radius 2 is 2.47 bits per heavy atom. The molecule has 1 unspecified atom stereocenters. The van der Waals surface area contributed by atoms with Crippen LogP contribution in [0.2, 0.25) is 0 Å². The molecule has 1 saturated heterocycles. The second-order valence-corrected chi connectivity index (χ2v) is 3.19. The first kappa shape index (κ1) is 11.6. The van der Waals surface area contributed by atoms with E-state index in [1.165, 1.54) is 0 Å². The van der Waals surface area contributed by atoms with Crippen molar-refractivity contribution >= 4 is 18.6 Å². The average Bonchev–Trinajstić information content (AvgIpc) is 2.75. The Bertz CT molecular complexity index is 268. The van der Waals surface area contributed by atoms with Crippen LogP contribution >= 0.6 is 0 Å². The second-order valence-electron chi connectivity index (χ2n) is 3.19. The van der Waals surface area contributed by atoms with Gasteiger partial charge in [-0.1, -0.05) is 0 Å². The van der Waals surface area contributed by atoms with E-state index in [9.17, 15) is 0 Å². The molecular formula is C9H17N5O. The summed E-state index contributed by atoms with van der Waals surface area (Å²) in [6, 6.07) is 0. The van der Waals surface area contributed by atoms with E-state index in [-0.39, 0.29) is 6.10 Å². The number of aliphatic imine (C=N–C) groups is 3. The third kappa shape index (κ3) is 4.07. The van der Waals surface area contributed by atoms with Crippen LogP contribution in [-0.2, 0) is 4.74 Å². The van der Waals surface area contributed by atoms with E-state index in [0.717, 1.165) is 19.4 Å². The zero-order valence-electron chi connectivity index (χ0n) is 8.94. The number of nitrogens with one attached hydrogen (secondary N) is 1. The van der Waals surface area contributed by atoms with E-state index < -0.39 is 0 Å². The lowest BCUT2D eigenvalue weighted by atomic mass is 10.2. The van der Waals surface area contributed by atoms with Gasteiger partial charge < -0.3 is 10.5 Å². The Balaban J connectivity index is 2.34. The predicted octanol–water partition coefficient (Wildman–Crippen LogP) is -0.244. The molecule has 6 heteroatoms. The van der Waals surface area contributed by atoms with Gasteiger partial charge in [0.05, 0.1) is 12.6 Å². The lowest BCUT2D eigenvalue weighted by Gasteiger charge is -2.07. The van der Waals surface area contributed by atoms with Crippen molar-refractivity contribution in [2.75, 3.05) is 20.2 Å². The molecule has 1 atom stereocenters. The van der Waals surface area contributed by atoms with E-state index in [1.807, 2.05) is 0 Å². The van der Waals surface area contributed by atoms with Gasteiger partial charge in [0.15, 0.2) is 5.96 Å². The number of nitrogens with two attached hydrogens (primary N) is 1. The van der Waals surface area contributed by atoms with Crippen LogP contribution in [-0.4, -0.2) is 44.9 Å². The second kappa shape index (κ2) is 6.13. The molecular weight excluding hydrogens is 194 g/mol. The van der Waals surface area contributed by atoms with E-state index in [1.54, 1.807) is 7.05 Å². The molecule has 0 aromatic rings. The molecule has 0 saturated carbocycles. The van der Waals surface area contributed by atoms with Crippen molar-refractivity contribution in [1.29, 1.82) is 0 Å². The molecule has 0 spiro atoms. The quantitative estimate of drug-likeness (QED) is 0.488. The summed E-state index contributed by atoms with van der Waals surface area (Å²) in [7, 11) is 1.60. The molecule has 1 fully saturated rings. The van der Waals surface area contributed by atoms with E-state index in [2.05, 4.69) is 27.0 Å². The Kier molecular flexibility index (Phi) is 4.76. The number of hydrogen-bond donors (Lipinski definition) is 2. The fourth-order valence-electron chi connectivity index (χ4n) is 1.31. The molecule has 15 heavy (non-hydrogen) atoms. The van der Waals surface area contributed by atoms with Gasteiger partial charge >= 0.3 is 0 Å². The normalized spacial score (nSPS) is 22.9. The van der Waals surface area contributed by atoms with E-state index in [0.29, 0.717) is 18.5 Å². The Morgan fingerprint density at radius 3 is 3.00 bits per heavy atom. The van der Waals surface area contributed by atoms with Crippen molar-refractivity contribution in [2.45, 2.75) is 18.9 Å². The maximum atomic E-state index is 5.62. The van der Waals surface area contributed by atoms with Crippen LogP contribution in [0.15, 0.2) is 15.0 Å². The van der Waals surface area contributed by atoms with Gasteiger partial charge in [-0.25, -0.2) is 4.99 Å². The van der Waals surface area contributed by atoms with Crippen LogP contribution < -0.4 is 11.1 Å². The van der Waals surface area contributed by atoms with Crippen LogP contribution in [0.3, 0.4) is 0 Å². The minimum Gasteiger partial charge on any atom is -0.376 e. The molecule has 3 N–H and O–H groups in total. The minimum atomic E-state index is 0.198. The standard InChI is InChI=1S/C9H17N5O/c1-11-9(12-2)14-8(10)13-6-7-4-3-5-15-7/h7H,1,3-6H2,2H3,(H3,10,12,13,14). The zero-order chi connectivity index (χ0) is 11.1. The minimum absolute atomic E-state index is 0.198. The van der Waals surface area contributed by atoms with Crippen LogP contribution in [0.5, 0.6) is 0 Å². The fraction of sp³-hybridized carbons (Fsp3) is 0.667. The summed E-state index contributed by atoms with van der Waals surface area (Å²) >= 11 is 0. The summed E-state index contributed by atoms with van der Waals surface area (Å²) in [6.45, 7) is 4.74. The Hall–Kier alpha value is -1.43. The molecule has 0 amide bonds. The molecule has 6 nitrogen and oxygen atoms in total. The highest BCUT2D eigenvalue weighted by atomic mass is 16.5. The first-order valence-electron chi connectivity index (χ1n) is 4.88. The highest BCUT2D eigenvalue weighted by Crippen LogP contribution is 2.11. The number of guanidine groups is 2. The van der Waals surface area contributed by atoms with Crippen LogP contribution in [0.25, 0.3) is 0 Å². The SMILES string of the molecule is C=NC(=NC)NC(N)=NCC1CCCO1. The first-order valence-corrected chi connectivity index (χ1v) is 4.88. The van der Waals surface area contributed by atoms with Gasteiger partial charge in [0.25, 0.3) is 0 Å². The smallest absolute Gasteiger partial charge is 0.223 e. The van der Waals surface area contributed by atoms with Gasteiger partial charge in [0.1, 0.15) is 0 Å². The molecule has 0 aromatic carbocycles. The third-order valence-electron chi connectivity index (χ3n) is 2.09. The molecule has 0 radical (unpaired) electrons. The van der Waals surface area contributed by atoms with Crippen molar-refractivity contribution < 1.29 is 4.74 Å². The molecule has 1 rings (SSSR count). The summed E-state index contributed by atoms with van der Waals surface area (Å²) in [5, 5.41) is 2.73. The largest absolute Gasteiger partial charge is 0.376 e. The molecule has 0 bridgehead atoms. The summed E-state index contributed by atoms with van der Waals surface area (Å²) in [5.41, 5.74) is 5.62. The van der Waals surface area contributed by atoms with Crippen molar-refractivity contribution in [3.63, 3.8) is 0 Å². The monoisotopic (exact) mass is 211 g/mol.